The zero-order chi connectivity index (χ0) is 18.5. The normalized spacial score (nSPS) is 11.0. The van der Waals surface area contributed by atoms with Gasteiger partial charge in [-0.25, -0.2) is 4.68 Å². The first-order valence-electron chi connectivity index (χ1n) is 7.85. The Bertz CT molecular complexity index is 953. The predicted octanol–water partition coefficient (Wildman–Crippen LogP) is 4.25. The molecule has 1 aromatic heterocycles. The van der Waals surface area contributed by atoms with Gasteiger partial charge in [-0.2, -0.15) is 10.2 Å². The maximum Gasteiger partial charge on any atom is 0.271 e. The molecule has 7 nitrogen and oxygen atoms in total. The van der Waals surface area contributed by atoms with Crippen LogP contribution in [0.25, 0.3) is 0 Å². The van der Waals surface area contributed by atoms with Gasteiger partial charge in [0.05, 0.1) is 34.6 Å². The molecule has 0 saturated carbocycles. The highest BCUT2D eigenvalue weighted by molar-refractivity contribution is 6.32. The molecule has 0 saturated heterocycles. The minimum absolute atomic E-state index is 0.00454. The molecule has 1 heterocycles. The number of hydrogen-bond donors (Lipinski definition) is 1. The summed E-state index contributed by atoms with van der Waals surface area (Å²) in [6.45, 7) is 2.41. The molecule has 3 aromatic rings. The third-order valence-corrected chi connectivity index (χ3v) is 4.13. The predicted molar refractivity (Wildman–Crippen MR) is 102 cm³/mol. The van der Waals surface area contributed by atoms with Crippen molar-refractivity contribution >= 4 is 29.2 Å². The molecular weight excluding hydrogens is 354 g/mol. The van der Waals surface area contributed by atoms with Gasteiger partial charge in [-0.3, -0.25) is 15.5 Å². The van der Waals surface area contributed by atoms with E-state index in [4.69, 9.17) is 11.6 Å². The van der Waals surface area contributed by atoms with E-state index >= 15 is 0 Å². The summed E-state index contributed by atoms with van der Waals surface area (Å²) in [6.07, 6.45) is 1.56. The zero-order valence-electron chi connectivity index (χ0n) is 14.0. The molecule has 0 aliphatic carbocycles. The molecule has 3 rings (SSSR count). The van der Waals surface area contributed by atoms with Crippen LogP contribution in [0, 0.1) is 17.0 Å². The van der Waals surface area contributed by atoms with Crippen LogP contribution >= 0.6 is 11.6 Å². The quantitative estimate of drug-likeness (QED) is 0.400. The van der Waals surface area contributed by atoms with E-state index in [1.54, 1.807) is 23.0 Å². The SMILES string of the molecule is Cc1nn(Cc2ccccc2)c(Cl)c1/C=N\Nc1cccc([N+](=O)[O-])c1. The molecule has 26 heavy (non-hydrogen) atoms. The van der Waals surface area contributed by atoms with Crippen molar-refractivity contribution in [2.24, 2.45) is 5.10 Å². The van der Waals surface area contributed by atoms with Crippen LogP contribution in [0.1, 0.15) is 16.8 Å². The summed E-state index contributed by atoms with van der Waals surface area (Å²) in [5, 5.41) is 19.8. The van der Waals surface area contributed by atoms with Crippen LogP contribution in [0.4, 0.5) is 11.4 Å². The van der Waals surface area contributed by atoms with Crippen LogP contribution in [0.15, 0.2) is 59.7 Å². The average Bonchev–Trinajstić information content (AvgIpc) is 2.90. The van der Waals surface area contributed by atoms with Crippen molar-refractivity contribution in [1.29, 1.82) is 0 Å². The highest BCUT2D eigenvalue weighted by atomic mass is 35.5. The number of nitro benzene ring substituents is 1. The molecule has 0 bridgehead atoms. The Morgan fingerprint density at radius 2 is 2.04 bits per heavy atom. The lowest BCUT2D eigenvalue weighted by Crippen LogP contribution is -2.01. The van der Waals surface area contributed by atoms with Crippen molar-refractivity contribution in [2.45, 2.75) is 13.5 Å². The number of halogens is 1. The van der Waals surface area contributed by atoms with Gasteiger partial charge in [0.15, 0.2) is 0 Å². The second-order valence-corrected chi connectivity index (χ2v) is 5.97. The Morgan fingerprint density at radius 3 is 2.77 bits per heavy atom. The Hall–Kier alpha value is -3.19. The number of anilines is 1. The average molecular weight is 370 g/mol. The monoisotopic (exact) mass is 369 g/mol. The van der Waals surface area contributed by atoms with Gasteiger partial charge in [0.2, 0.25) is 0 Å². The highest BCUT2D eigenvalue weighted by Crippen LogP contribution is 2.20. The first-order chi connectivity index (χ1) is 12.5. The van der Waals surface area contributed by atoms with E-state index in [1.165, 1.54) is 12.1 Å². The zero-order valence-corrected chi connectivity index (χ0v) is 14.7. The molecule has 0 amide bonds. The number of benzene rings is 2. The van der Waals surface area contributed by atoms with E-state index in [2.05, 4.69) is 15.6 Å². The third-order valence-electron chi connectivity index (χ3n) is 3.73. The van der Waals surface area contributed by atoms with Crippen molar-refractivity contribution in [2.75, 3.05) is 5.43 Å². The van der Waals surface area contributed by atoms with E-state index in [9.17, 15) is 10.1 Å². The molecule has 2 aromatic carbocycles. The van der Waals surface area contributed by atoms with E-state index in [0.717, 1.165) is 11.3 Å². The van der Waals surface area contributed by atoms with E-state index in [0.29, 0.717) is 22.9 Å². The number of nitrogens with zero attached hydrogens (tertiary/aromatic N) is 4. The van der Waals surface area contributed by atoms with Gasteiger partial charge in [0, 0.05) is 12.1 Å². The molecule has 0 aliphatic heterocycles. The summed E-state index contributed by atoms with van der Waals surface area (Å²) in [5.74, 6) is 0. The summed E-state index contributed by atoms with van der Waals surface area (Å²) in [6, 6.07) is 16.0. The Labute approximate surface area is 155 Å². The van der Waals surface area contributed by atoms with Gasteiger partial charge in [-0.1, -0.05) is 48.0 Å². The number of non-ortho nitro benzene ring substituents is 1. The van der Waals surface area contributed by atoms with Crippen molar-refractivity contribution in [3.63, 3.8) is 0 Å². The Balaban J connectivity index is 1.74. The van der Waals surface area contributed by atoms with Gasteiger partial charge >= 0.3 is 0 Å². The number of hydrogen-bond acceptors (Lipinski definition) is 5. The fourth-order valence-electron chi connectivity index (χ4n) is 2.44. The smallest absolute Gasteiger partial charge is 0.271 e. The lowest BCUT2D eigenvalue weighted by molar-refractivity contribution is -0.384. The van der Waals surface area contributed by atoms with Crippen LogP contribution in [-0.4, -0.2) is 20.9 Å². The topological polar surface area (TPSA) is 85.3 Å². The second-order valence-electron chi connectivity index (χ2n) is 5.61. The molecule has 0 fully saturated rings. The number of hydrazone groups is 1. The summed E-state index contributed by atoms with van der Waals surface area (Å²) in [4.78, 5) is 10.3. The lowest BCUT2D eigenvalue weighted by atomic mass is 10.2. The minimum Gasteiger partial charge on any atom is -0.278 e. The van der Waals surface area contributed by atoms with Crippen LogP contribution in [0.2, 0.25) is 5.15 Å². The molecule has 1 N–H and O–H groups in total. The number of nitrogens with one attached hydrogen (secondary N) is 1. The largest absolute Gasteiger partial charge is 0.278 e. The fraction of sp³-hybridized carbons (Fsp3) is 0.111. The lowest BCUT2D eigenvalue weighted by Gasteiger charge is -2.03. The van der Waals surface area contributed by atoms with Gasteiger partial charge in [-0.05, 0) is 18.6 Å². The molecule has 0 unspecified atom stereocenters. The molecule has 8 heteroatoms. The van der Waals surface area contributed by atoms with E-state index in [-0.39, 0.29) is 5.69 Å². The van der Waals surface area contributed by atoms with Gasteiger partial charge in [0.1, 0.15) is 5.15 Å². The maximum atomic E-state index is 10.8. The fourth-order valence-corrected chi connectivity index (χ4v) is 2.72. The van der Waals surface area contributed by atoms with Crippen molar-refractivity contribution < 1.29 is 4.92 Å². The van der Waals surface area contributed by atoms with E-state index in [1.807, 2.05) is 37.3 Å². The van der Waals surface area contributed by atoms with Crippen LogP contribution < -0.4 is 5.43 Å². The minimum atomic E-state index is -0.455. The Kier molecular flexibility index (Phi) is 5.28. The van der Waals surface area contributed by atoms with Gasteiger partial charge < -0.3 is 0 Å². The van der Waals surface area contributed by atoms with Crippen LogP contribution in [-0.2, 0) is 6.54 Å². The number of rotatable bonds is 6. The van der Waals surface area contributed by atoms with Crippen LogP contribution in [0.5, 0.6) is 0 Å². The Morgan fingerprint density at radius 1 is 1.27 bits per heavy atom. The summed E-state index contributed by atoms with van der Waals surface area (Å²) in [7, 11) is 0. The molecule has 0 aliphatic rings. The van der Waals surface area contributed by atoms with Crippen molar-refractivity contribution in [1.82, 2.24) is 9.78 Å². The molecule has 132 valence electrons. The van der Waals surface area contributed by atoms with Crippen LogP contribution in [0.3, 0.4) is 0 Å². The van der Waals surface area contributed by atoms with E-state index < -0.39 is 4.92 Å². The first kappa shape index (κ1) is 17.6. The van der Waals surface area contributed by atoms with Gasteiger partial charge in [0.25, 0.3) is 5.69 Å². The standard InChI is InChI=1S/C18H16ClN5O2/c1-13-17(11-20-21-15-8-5-9-16(10-15)24(25)26)18(19)23(22-13)12-14-6-3-2-4-7-14/h2-11,21H,12H2,1H3/b20-11-. The highest BCUT2D eigenvalue weighted by Gasteiger charge is 2.12. The number of aryl methyl sites for hydroxylation is 1. The summed E-state index contributed by atoms with van der Waals surface area (Å²) < 4.78 is 1.71. The first-order valence-corrected chi connectivity index (χ1v) is 8.23. The van der Waals surface area contributed by atoms with Crippen molar-refractivity contribution in [3.8, 4) is 0 Å². The molecule has 0 atom stereocenters. The van der Waals surface area contributed by atoms with Crippen molar-refractivity contribution in [3.05, 3.63) is 86.7 Å². The summed E-state index contributed by atoms with van der Waals surface area (Å²) >= 11 is 6.42. The number of nitro groups is 1. The maximum absolute atomic E-state index is 10.8. The number of aromatic nitrogens is 2. The second kappa shape index (κ2) is 7.79. The molecule has 0 radical (unpaired) electrons. The molecule has 0 spiro atoms. The summed E-state index contributed by atoms with van der Waals surface area (Å²) in [5.41, 5.74) is 5.81. The molecular formula is C18H16ClN5O2. The van der Waals surface area contributed by atoms with Gasteiger partial charge in [-0.15, -0.1) is 0 Å². The third kappa shape index (κ3) is 4.07.